The Balaban J connectivity index is 1.49. The lowest BCUT2D eigenvalue weighted by Gasteiger charge is -2.09. The Morgan fingerprint density at radius 2 is 2.03 bits per heavy atom. The van der Waals surface area contributed by atoms with E-state index in [4.69, 9.17) is 15.1 Å². The fourth-order valence-corrected chi connectivity index (χ4v) is 4.01. The lowest BCUT2D eigenvalue weighted by atomic mass is 10.1. The number of para-hydroxylation sites is 1. The molecule has 0 aliphatic carbocycles. The van der Waals surface area contributed by atoms with Crippen LogP contribution in [-0.2, 0) is 4.79 Å². The van der Waals surface area contributed by atoms with Crippen molar-refractivity contribution in [3.05, 3.63) is 72.6 Å². The minimum atomic E-state index is -0.150. The maximum Gasteiger partial charge on any atom is 0.234 e. The molecule has 2 heterocycles. The summed E-state index contributed by atoms with van der Waals surface area (Å²) in [5, 5.41) is 17.1. The van der Waals surface area contributed by atoms with E-state index in [0.717, 1.165) is 40.4 Å². The summed E-state index contributed by atoms with van der Waals surface area (Å²) in [6.45, 7) is 2.80. The number of carbonyl (C=O) groups is 1. The molecule has 1 amide bonds. The van der Waals surface area contributed by atoms with Crippen molar-refractivity contribution in [1.29, 1.82) is 5.26 Å². The number of unbranched alkanes of at least 4 members (excludes halogenated alkanes) is 1. The summed E-state index contributed by atoms with van der Waals surface area (Å²) in [6.07, 6.45) is 5.53. The molecule has 0 unspecified atom stereocenters. The number of nitrogens with zero attached hydrogens (tertiary/aromatic N) is 4. The van der Waals surface area contributed by atoms with E-state index < -0.39 is 0 Å². The average molecular weight is 458 g/mol. The van der Waals surface area contributed by atoms with Crippen molar-refractivity contribution in [3.63, 3.8) is 0 Å². The van der Waals surface area contributed by atoms with Crippen molar-refractivity contribution in [2.45, 2.75) is 24.8 Å². The van der Waals surface area contributed by atoms with Crippen molar-refractivity contribution in [1.82, 2.24) is 14.6 Å². The summed E-state index contributed by atoms with van der Waals surface area (Å²) >= 11 is 1.35. The van der Waals surface area contributed by atoms with E-state index in [1.54, 1.807) is 41.2 Å². The van der Waals surface area contributed by atoms with Crippen LogP contribution in [0.5, 0.6) is 5.75 Å². The van der Waals surface area contributed by atoms with Gasteiger partial charge in [-0.2, -0.15) is 10.4 Å². The molecule has 0 saturated heterocycles. The van der Waals surface area contributed by atoms with Gasteiger partial charge in [0.25, 0.3) is 0 Å². The molecule has 0 atom stereocenters. The molecule has 33 heavy (non-hydrogen) atoms. The third-order valence-corrected chi connectivity index (χ3v) is 5.91. The van der Waals surface area contributed by atoms with Gasteiger partial charge in [-0.05, 0) is 48.9 Å². The molecular formula is C25H23N5O2S. The van der Waals surface area contributed by atoms with Crippen molar-refractivity contribution in [2.75, 3.05) is 17.7 Å². The van der Waals surface area contributed by atoms with Crippen LogP contribution in [0.25, 0.3) is 16.8 Å². The maximum atomic E-state index is 12.4. The number of nitrogens with one attached hydrogen (secondary N) is 1. The third kappa shape index (κ3) is 5.51. The Kier molecular flexibility index (Phi) is 7.22. The molecule has 4 aromatic rings. The van der Waals surface area contributed by atoms with Gasteiger partial charge in [0.1, 0.15) is 10.8 Å². The monoisotopic (exact) mass is 457 g/mol. The molecule has 0 aliphatic heterocycles. The molecule has 2 aromatic heterocycles. The molecule has 8 heteroatoms. The number of carbonyl (C=O) groups excluding carboxylic acids is 1. The lowest BCUT2D eigenvalue weighted by Crippen LogP contribution is -2.14. The maximum absolute atomic E-state index is 12.4. The van der Waals surface area contributed by atoms with Gasteiger partial charge in [0.15, 0.2) is 0 Å². The summed E-state index contributed by atoms with van der Waals surface area (Å²) in [4.78, 5) is 16.9. The quantitative estimate of drug-likeness (QED) is 0.275. The van der Waals surface area contributed by atoms with Gasteiger partial charge in [-0.3, -0.25) is 4.79 Å². The highest BCUT2D eigenvalue weighted by Crippen LogP contribution is 2.31. The smallest absolute Gasteiger partial charge is 0.234 e. The van der Waals surface area contributed by atoms with Crippen molar-refractivity contribution in [3.8, 4) is 23.1 Å². The third-order valence-electron chi connectivity index (χ3n) is 4.91. The number of benzene rings is 2. The molecule has 1 N–H and O–H groups in total. The highest BCUT2D eigenvalue weighted by Gasteiger charge is 2.14. The predicted molar refractivity (Wildman–Crippen MR) is 129 cm³/mol. The number of thioether (sulfide) groups is 1. The van der Waals surface area contributed by atoms with Gasteiger partial charge in [0.05, 0.1) is 35.2 Å². The van der Waals surface area contributed by atoms with E-state index in [9.17, 15) is 4.79 Å². The predicted octanol–water partition coefficient (Wildman–Crippen LogP) is 5.18. The zero-order valence-corrected chi connectivity index (χ0v) is 19.0. The fraction of sp³-hybridized carbons (Fsp3) is 0.200. The summed E-state index contributed by atoms with van der Waals surface area (Å²) < 4.78 is 7.74. The molecule has 0 saturated carbocycles. The minimum Gasteiger partial charge on any atom is -0.493 e. The van der Waals surface area contributed by atoms with Crippen LogP contribution in [0.3, 0.4) is 0 Å². The van der Waals surface area contributed by atoms with Crippen LogP contribution in [0.2, 0.25) is 0 Å². The van der Waals surface area contributed by atoms with E-state index in [-0.39, 0.29) is 11.7 Å². The largest absolute Gasteiger partial charge is 0.493 e. The summed E-state index contributed by atoms with van der Waals surface area (Å²) in [6, 6.07) is 18.7. The minimum absolute atomic E-state index is 0.150. The van der Waals surface area contributed by atoms with Gasteiger partial charge >= 0.3 is 0 Å². The summed E-state index contributed by atoms with van der Waals surface area (Å²) in [5.41, 5.74) is 3.74. The highest BCUT2D eigenvalue weighted by molar-refractivity contribution is 8.00. The van der Waals surface area contributed by atoms with E-state index in [2.05, 4.69) is 23.3 Å². The number of ether oxygens (including phenoxy) is 1. The molecular weight excluding hydrogens is 434 g/mol. The van der Waals surface area contributed by atoms with E-state index in [1.807, 2.05) is 30.3 Å². The van der Waals surface area contributed by atoms with Crippen LogP contribution < -0.4 is 10.1 Å². The van der Waals surface area contributed by atoms with Crippen LogP contribution in [0.4, 0.5) is 5.69 Å². The second-order valence-corrected chi connectivity index (χ2v) is 8.28. The van der Waals surface area contributed by atoms with Crippen LogP contribution >= 0.6 is 11.8 Å². The van der Waals surface area contributed by atoms with Crippen molar-refractivity contribution < 1.29 is 9.53 Å². The van der Waals surface area contributed by atoms with Crippen LogP contribution in [0.1, 0.15) is 25.3 Å². The van der Waals surface area contributed by atoms with Gasteiger partial charge in [-0.25, -0.2) is 9.50 Å². The number of rotatable bonds is 9. The second kappa shape index (κ2) is 10.7. The van der Waals surface area contributed by atoms with Gasteiger partial charge in [0.2, 0.25) is 5.91 Å². The number of aromatic nitrogens is 3. The van der Waals surface area contributed by atoms with Gasteiger partial charge in [-0.1, -0.05) is 37.2 Å². The Labute approximate surface area is 196 Å². The first-order valence-corrected chi connectivity index (χ1v) is 11.7. The van der Waals surface area contributed by atoms with Gasteiger partial charge in [-0.15, -0.1) is 0 Å². The molecule has 0 fully saturated rings. The lowest BCUT2D eigenvalue weighted by molar-refractivity contribution is -0.113. The molecule has 0 aliphatic rings. The highest BCUT2D eigenvalue weighted by atomic mass is 32.2. The molecule has 0 radical (unpaired) electrons. The second-order valence-electron chi connectivity index (χ2n) is 7.32. The molecule has 0 bridgehead atoms. The molecule has 166 valence electrons. The molecule has 4 rings (SSSR count). The van der Waals surface area contributed by atoms with E-state index in [0.29, 0.717) is 17.9 Å². The zero-order chi connectivity index (χ0) is 23.0. The first-order chi connectivity index (χ1) is 16.2. The summed E-state index contributed by atoms with van der Waals surface area (Å²) in [5.74, 6) is 0.852. The van der Waals surface area contributed by atoms with Crippen molar-refractivity contribution >= 4 is 28.9 Å². The van der Waals surface area contributed by atoms with Crippen LogP contribution in [-0.4, -0.2) is 32.9 Å². The van der Waals surface area contributed by atoms with Gasteiger partial charge in [0, 0.05) is 23.6 Å². The zero-order valence-electron chi connectivity index (χ0n) is 18.2. The van der Waals surface area contributed by atoms with E-state index >= 15 is 0 Å². The normalized spacial score (nSPS) is 10.7. The average Bonchev–Trinajstić information content (AvgIpc) is 3.28. The number of nitriles is 1. The number of anilines is 1. The Bertz CT molecular complexity index is 1290. The number of amides is 1. The standard InChI is InChI=1S/C25H23N5O2S/c1-2-3-14-32-23-7-5-4-6-20(23)21-15-22-25(27-12-13-30(22)29-21)33-17-24(31)28-19-10-8-18(16-26)9-11-19/h4-13,15H,2-3,14,17H2,1H3,(H,28,31). The SMILES string of the molecule is CCCCOc1ccccc1-c1cc2c(SCC(=O)Nc3ccc(C#N)cc3)nccn2n1. The van der Waals surface area contributed by atoms with Crippen LogP contribution in [0.15, 0.2) is 72.0 Å². The topological polar surface area (TPSA) is 92.3 Å². The van der Waals surface area contributed by atoms with Gasteiger partial charge < -0.3 is 10.1 Å². The van der Waals surface area contributed by atoms with E-state index in [1.165, 1.54) is 11.8 Å². The Hall–Kier alpha value is -3.83. The first kappa shape index (κ1) is 22.4. The summed E-state index contributed by atoms with van der Waals surface area (Å²) in [7, 11) is 0. The molecule has 0 spiro atoms. The number of hydrogen-bond acceptors (Lipinski definition) is 6. The molecule has 2 aromatic carbocycles. The Morgan fingerprint density at radius 3 is 2.82 bits per heavy atom. The van der Waals surface area contributed by atoms with Crippen LogP contribution in [0, 0.1) is 11.3 Å². The number of fused-ring (bicyclic) bond motifs is 1. The molecule has 7 nitrogen and oxygen atoms in total. The van der Waals surface area contributed by atoms with Crippen molar-refractivity contribution in [2.24, 2.45) is 0 Å². The Morgan fingerprint density at radius 1 is 1.21 bits per heavy atom. The fourth-order valence-electron chi connectivity index (χ4n) is 3.23. The first-order valence-electron chi connectivity index (χ1n) is 10.7. The number of hydrogen-bond donors (Lipinski definition) is 1.